The van der Waals surface area contributed by atoms with Crippen molar-refractivity contribution in [2.75, 3.05) is 11.6 Å². The summed E-state index contributed by atoms with van der Waals surface area (Å²) >= 11 is 0. The number of anilines is 1. The summed E-state index contributed by atoms with van der Waals surface area (Å²) in [6.07, 6.45) is 6.29. The van der Waals surface area contributed by atoms with E-state index in [1.165, 1.54) is 54.2 Å². The molecule has 1 amide bonds. The minimum Gasteiger partial charge on any atom is -0.275 e. The second-order valence-corrected chi connectivity index (χ2v) is 6.70. The molecule has 2 aliphatic rings. The average Bonchev–Trinajstić information content (AvgIpc) is 2.61. The van der Waals surface area contributed by atoms with Crippen LogP contribution in [0.5, 0.6) is 0 Å². The predicted octanol–water partition coefficient (Wildman–Crippen LogP) is 4.08. The van der Waals surface area contributed by atoms with Crippen LogP contribution in [-0.2, 0) is 11.3 Å². The molecule has 0 N–H and O–H groups in total. The second kappa shape index (κ2) is 5.80. The van der Waals surface area contributed by atoms with Gasteiger partial charge in [0.1, 0.15) is 0 Å². The summed E-state index contributed by atoms with van der Waals surface area (Å²) in [7, 11) is 0. The zero-order valence-electron chi connectivity index (χ0n) is 13.7. The Balaban J connectivity index is 1.88. The van der Waals surface area contributed by atoms with E-state index in [9.17, 15) is 4.79 Å². The highest BCUT2D eigenvalue weighted by atomic mass is 16.2. The van der Waals surface area contributed by atoms with Crippen molar-refractivity contribution in [2.24, 2.45) is 0 Å². The smallest absolute Gasteiger partial charge is 0.228 e. The van der Waals surface area contributed by atoms with Crippen LogP contribution >= 0.6 is 0 Å². The average molecular weight is 307 g/mol. The third-order valence-corrected chi connectivity index (χ3v) is 5.23. The van der Waals surface area contributed by atoms with Gasteiger partial charge in [-0.05, 0) is 29.7 Å². The van der Waals surface area contributed by atoms with Crippen LogP contribution in [0.15, 0.2) is 36.4 Å². The van der Waals surface area contributed by atoms with Crippen molar-refractivity contribution in [1.29, 1.82) is 0 Å². The first-order valence-electron chi connectivity index (χ1n) is 8.62. The van der Waals surface area contributed by atoms with Crippen LogP contribution in [-0.4, -0.2) is 22.9 Å². The van der Waals surface area contributed by atoms with Crippen LogP contribution in [0.3, 0.4) is 0 Å². The molecule has 0 aromatic heterocycles. The van der Waals surface area contributed by atoms with E-state index in [4.69, 9.17) is 0 Å². The second-order valence-electron chi connectivity index (χ2n) is 6.70. The number of benzene rings is 2. The van der Waals surface area contributed by atoms with Gasteiger partial charge in [-0.3, -0.25) is 9.69 Å². The summed E-state index contributed by atoms with van der Waals surface area (Å²) in [5.41, 5.74) is 3.91. The molecule has 0 unspecified atom stereocenters. The van der Waals surface area contributed by atoms with Gasteiger partial charge in [0, 0.05) is 25.3 Å². The van der Waals surface area contributed by atoms with Gasteiger partial charge in [0.05, 0.1) is 5.69 Å². The Kier molecular flexibility index (Phi) is 3.64. The van der Waals surface area contributed by atoms with Crippen molar-refractivity contribution in [2.45, 2.75) is 45.6 Å². The first-order chi connectivity index (χ1) is 11.2. The first-order valence-corrected chi connectivity index (χ1v) is 8.62. The van der Waals surface area contributed by atoms with Gasteiger partial charge in [0.15, 0.2) is 12.3 Å². The van der Waals surface area contributed by atoms with Crippen LogP contribution in [0, 0.1) is 0 Å². The summed E-state index contributed by atoms with van der Waals surface area (Å²) < 4.78 is 2.44. The van der Waals surface area contributed by atoms with Gasteiger partial charge in [0.2, 0.25) is 12.6 Å². The van der Waals surface area contributed by atoms with Crippen molar-refractivity contribution >= 4 is 28.1 Å². The molecule has 1 aliphatic carbocycles. The molecule has 1 aliphatic heterocycles. The highest BCUT2D eigenvalue weighted by Gasteiger charge is 2.31. The van der Waals surface area contributed by atoms with Crippen LogP contribution in [0.25, 0.3) is 10.8 Å². The maximum atomic E-state index is 12.2. The fraction of sp³-hybridized carbons (Fsp3) is 0.400. The van der Waals surface area contributed by atoms with E-state index in [-0.39, 0.29) is 5.91 Å². The largest absolute Gasteiger partial charge is 0.275 e. The molecule has 2 aromatic carbocycles. The molecule has 23 heavy (non-hydrogen) atoms. The fourth-order valence-electron chi connectivity index (χ4n) is 3.99. The van der Waals surface area contributed by atoms with Gasteiger partial charge in [-0.1, -0.05) is 36.8 Å². The quantitative estimate of drug-likeness (QED) is 0.673. The maximum absolute atomic E-state index is 12.2. The highest BCUT2D eigenvalue weighted by Crippen LogP contribution is 2.33. The Bertz CT molecular complexity index is 798. The maximum Gasteiger partial charge on any atom is 0.228 e. The van der Waals surface area contributed by atoms with Crippen LogP contribution in [0.1, 0.15) is 44.6 Å². The SMILES string of the molecule is CC(=O)N1C[N+](=C2CCCCC2)Cc2c1ccc1ccccc21. The number of hydrogen-bond acceptors (Lipinski definition) is 1. The molecular formula is C20H23N2O+. The first kappa shape index (κ1) is 14.4. The van der Waals surface area contributed by atoms with Gasteiger partial charge >= 0.3 is 0 Å². The minimum atomic E-state index is 0.127. The number of rotatable bonds is 0. The van der Waals surface area contributed by atoms with Crippen LogP contribution in [0.4, 0.5) is 5.69 Å². The normalized spacial score (nSPS) is 18.2. The predicted molar refractivity (Wildman–Crippen MR) is 94.0 cm³/mol. The molecule has 0 bridgehead atoms. The lowest BCUT2D eigenvalue weighted by Crippen LogP contribution is -2.42. The van der Waals surface area contributed by atoms with Crippen LogP contribution < -0.4 is 4.90 Å². The lowest BCUT2D eigenvalue weighted by atomic mass is 9.96. The van der Waals surface area contributed by atoms with Crippen molar-refractivity contribution in [3.8, 4) is 0 Å². The molecular weight excluding hydrogens is 284 g/mol. The molecule has 0 radical (unpaired) electrons. The Morgan fingerprint density at radius 1 is 1.04 bits per heavy atom. The Hall–Kier alpha value is -2.16. The molecule has 3 nitrogen and oxygen atoms in total. The zero-order chi connectivity index (χ0) is 15.8. The monoisotopic (exact) mass is 307 g/mol. The van der Waals surface area contributed by atoms with E-state index < -0.39 is 0 Å². The molecule has 0 atom stereocenters. The molecule has 1 saturated carbocycles. The highest BCUT2D eigenvalue weighted by molar-refractivity contribution is 5.98. The summed E-state index contributed by atoms with van der Waals surface area (Å²) in [6.45, 7) is 3.31. The summed E-state index contributed by atoms with van der Waals surface area (Å²) in [6, 6.07) is 12.7. The van der Waals surface area contributed by atoms with Crippen molar-refractivity contribution in [1.82, 2.24) is 0 Å². The topological polar surface area (TPSA) is 23.3 Å². The Labute approximate surface area is 137 Å². The fourth-order valence-corrected chi connectivity index (χ4v) is 3.99. The standard InChI is InChI=1S/C20H23N2O/c1-15(23)22-14-21(17-8-3-2-4-9-17)13-19-18-10-6-5-7-16(18)11-12-20(19)22/h5-7,10-12H,2-4,8-9,13-14H2,1H3/q+1. The number of nitrogens with zero attached hydrogens (tertiary/aromatic N) is 2. The third kappa shape index (κ3) is 2.54. The van der Waals surface area contributed by atoms with E-state index in [2.05, 4.69) is 41.0 Å². The Morgan fingerprint density at radius 3 is 2.61 bits per heavy atom. The number of hydrogen-bond donors (Lipinski definition) is 0. The van der Waals surface area contributed by atoms with Gasteiger partial charge in [-0.15, -0.1) is 0 Å². The molecule has 0 spiro atoms. The Morgan fingerprint density at radius 2 is 1.83 bits per heavy atom. The van der Waals surface area contributed by atoms with E-state index in [1.54, 1.807) is 6.92 Å². The lowest BCUT2D eigenvalue weighted by molar-refractivity contribution is -0.547. The van der Waals surface area contributed by atoms with E-state index >= 15 is 0 Å². The molecule has 2 aromatic rings. The van der Waals surface area contributed by atoms with Crippen molar-refractivity contribution in [3.63, 3.8) is 0 Å². The zero-order valence-corrected chi connectivity index (χ0v) is 13.7. The number of carbonyl (C=O) groups is 1. The van der Waals surface area contributed by atoms with E-state index in [1.807, 2.05) is 4.90 Å². The van der Waals surface area contributed by atoms with E-state index in [0.29, 0.717) is 6.67 Å². The van der Waals surface area contributed by atoms with Gasteiger partial charge in [-0.2, -0.15) is 0 Å². The summed E-state index contributed by atoms with van der Waals surface area (Å²) in [5.74, 6) is 0.127. The number of fused-ring (bicyclic) bond motifs is 3. The summed E-state index contributed by atoms with van der Waals surface area (Å²) in [5, 5.41) is 2.53. The molecule has 1 heterocycles. The van der Waals surface area contributed by atoms with Crippen LogP contribution in [0.2, 0.25) is 0 Å². The molecule has 4 rings (SSSR count). The van der Waals surface area contributed by atoms with Gasteiger partial charge in [-0.25, -0.2) is 4.58 Å². The van der Waals surface area contributed by atoms with Gasteiger partial charge < -0.3 is 0 Å². The molecule has 0 saturated heterocycles. The third-order valence-electron chi connectivity index (χ3n) is 5.23. The number of amides is 1. The lowest BCUT2D eigenvalue weighted by Gasteiger charge is -2.29. The summed E-state index contributed by atoms with van der Waals surface area (Å²) in [4.78, 5) is 14.2. The van der Waals surface area contributed by atoms with Gasteiger partial charge in [0.25, 0.3) is 0 Å². The molecule has 1 fully saturated rings. The van der Waals surface area contributed by atoms with Crippen molar-refractivity contribution < 1.29 is 9.37 Å². The molecule has 3 heteroatoms. The number of carbonyl (C=O) groups excluding carboxylic acids is 1. The minimum absolute atomic E-state index is 0.127. The van der Waals surface area contributed by atoms with E-state index in [0.717, 1.165) is 12.2 Å². The van der Waals surface area contributed by atoms with Crippen molar-refractivity contribution in [3.05, 3.63) is 42.0 Å². The molecule has 118 valence electrons.